The molecular weight excluding hydrogens is 394 g/mol. The molecule has 2 N–H and O–H groups in total. The first-order valence-corrected chi connectivity index (χ1v) is 9.06. The molecule has 8 heteroatoms. The first-order chi connectivity index (χ1) is 13.9. The Kier molecular flexibility index (Phi) is 6.31. The van der Waals surface area contributed by atoms with E-state index in [1.807, 2.05) is 0 Å². The number of carbonyl (C=O) groups is 3. The van der Waals surface area contributed by atoms with Gasteiger partial charge in [0.15, 0.2) is 5.76 Å². The minimum atomic E-state index is -0.387. The van der Waals surface area contributed by atoms with Crippen LogP contribution in [0.4, 0.5) is 11.4 Å². The SMILES string of the molecule is CN(CC(=O)Nc1ccccc1Cl)C(=O)c1ccc(NC(=O)c2ccco2)cc1. The molecule has 0 saturated heterocycles. The average Bonchev–Trinajstić information content (AvgIpc) is 3.25. The number of carbonyl (C=O) groups excluding carboxylic acids is 3. The molecule has 0 radical (unpaired) electrons. The van der Waals surface area contributed by atoms with Gasteiger partial charge in [-0.25, -0.2) is 0 Å². The molecule has 0 fully saturated rings. The van der Waals surface area contributed by atoms with Gasteiger partial charge in [-0.15, -0.1) is 0 Å². The Bertz CT molecular complexity index is 1020. The van der Waals surface area contributed by atoms with Crippen molar-refractivity contribution >= 4 is 40.7 Å². The van der Waals surface area contributed by atoms with Crippen LogP contribution < -0.4 is 10.6 Å². The maximum Gasteiger partial charge on any atom is 0.291 e. The van der Waals surface area contributed by atoms with E-state index in [0.717, 1.165) is 0 Å². The number of anilines is 2. The van der Waals surface area contributed by atoms with Crippen LogP contribution >= 0.6 is 11.6 Å². The standard InChI is InChI=1S/C21H18ClN3O4/c1-25(13-19(26)24-17-6-3-2-5-16(17)22)21(28)14-8-10-15(11-9-14)23-20(27)18-7-4-12-29-18/h2-12H,13H2,1H3,(H,23,27)(H,24,26). The molecule has 0 aliphatic rings. The maximum atomic E-state index is 12.5. The van der Waals surface area contributed by atoms with Gasteiger partial charge in [-0.1, -0.05) is 23.7 Å². The van der Waals surface area contributed by atoms with E-state index in [9.17, 15) is 14.4 Å². The van der Waals surface area contributed by atoms with Crippen molar-refractivity contribution in [3.8, 4) is 0 Å². The molecule has 3 aromatic rings. The van der Waals surface area contributed by atoms with E-state index in [1.165, 1.54) is 18.2 Å². The largest absolute Gasteiger partial charge is 0.459 e. The first kappa shape index (κ1) is 20.2. The quantitative estimate of drug-likeness (QED) is 0.643. The van der Waals surface area contributed by atoms with E-state index in [2.05, 4.69) is 10.6 Å². The van der Waals surface area contributed by atoms with E-state index in [-0.39, 0.29) is 30.0 Å². The van der Waals surface area contributed by atoms with Crippen molar-refractivity contribution < 1.29 is 18.8 Å². The highest BCUT2D eigenvalue weighted by atomic mass is 35.5. The van der Waals surface area contributed by atoms with Gasteiger partial charge in [0.2, 0.25) is 5.91 Å². The molecule has 0 bridgehead atoms. The maximum absolute atomic E-state index is 12.5. The predicted octanol–water partition coefficient (Wildman–Crippen LogP) is 3.90. The third-order valence-corrected chi connectivity index (χ3v) is 4.34. The van der Waals surface area contributed by atoms with Crippen LogP contribution in [-0.4, -0.2) is 36.2 Å². The number of para-hydroxylation sites is 1. The summed E-state index contributed by atoms with van der Waals surface area (Å²) in [6, 6.07) is 16.4. The van der Waals surface area contributed by atoms with Gasteiger partial charge in [0.25, 0.3) is 11.8 Å². The summed E-state index contributed by atoms with van der Waals surface area (Å²) in [4.78, 5) is 38.0. The summed E-state index contributed by atoms with van der Waals surface area (Å²) in [6.45, 7) is -0.138. The van der Waals surface area contributed by atoms with Gasteiger partial charge >= 0.3 is 0 Å². The molecule has 2 aromatic carbocycles. The van der Waals surface area contributed by atoms with E-state index < -0.39 is 0 Å². The summed E-state index contributed by atoms with van der Waals surface area (Å²) in [5.41, 5.74) is 1.38. The van der Waals surface area contributed by atoms with Crippen molar-refractivity contribution in [2.45, 2.75) is 0 Å². The number of amides is 3. The van der Waals surface area contributed by atoms with Gasteiger partial charge in [0.1, 0.15) is 0 Å². The number of hydrogen-bond acceptors (Lipinski definition) is 4. The number of furan rings is 1. The molecule has 0 unspecified atom stereocenters. The molecular formula is C21H18ClN3O4. The number of benzene rings is 2. The first-order valence-electron chi connectivity index (χ1n) is 8.69. The fourth-order valence-electron chi connectivity index (χ4n) is 2.56. The molecule has 1 aromatic heterocycles. The normalized spacial score (nSPS) is 10.3. The highest BCUT2D eigenvalue weighted by Gasteiger charge is 2.16. The lowest BCUT2D eigenvalue weighted by Gasteiger charge is -2.17. The van der Waals surface area contributed by atoms with Crippen LogP contribution in [0, 0.1) is 0 Å². The van der Waals surface area contributed by atoms with Gasteiger partial charge < -0.3 is 20.0 Å². The second kappa shape index (κ2) is 9.07. The van der Waals surface area contributed by atoms with Crippen molar-refractivity contribution in [1.82, 2.24) is 4.90 Å². The highest BCUT2D eigenvalue weighted by molar-refractivity contribution is 6.33. The van der Waals surface area contributed by atoms with E-state index in [1.54, 1.807) is 60.7 Å². The Morgan fingerprint density at radius 1 is 0.966 bits per heavy atom. The fourth-order valence-corrected chi connectivity index (χ4v) is 2.74. The Morgan fingerprint density at radius 3 is 2.34 bits per heavy atom. The van der Waals surface area contributed by atoms with Crippen molar-refractivity contribution in [3.63, 3.8) is 0 Å². The summed E-state index contributed by atoms with van der Waals surface area (Å²) >= 11 is 6.02. The number of nitrogens with one attached hydrogen (secondary N) is 2. The van der Waals surface area contributed by atoms with Gasteiger partial charge in [-0.2, -0.15) is 0 Å². The van der Waals surface area contributed by atoms with Crippen molar-refractivity contribution in [2.75, 3.05) is 24.2 Å². The Hall–Kier alpha value is -3.58. The Balaban J connectivity index is 1.57. The molecule has 0 aliphatic heterocycles. The van der Waals surface area contributed by atoms with Crippen LogP contribution in [0.1, 0.15) is 20.9 Å². The Labute approximate surface area is 172 Å². The second-order valence-electron chi connectivity index (χ2n) is 6.20. The van der Waals surface area contributed by atoms with Crippen LogP contribution in [0.3, 0.4) is 0 Å². The molecule has 29 heavy (non-hydrogen) atoms. The lowest BCUT2D eigenvalue weighted by Crippen LogP contribution is -2.35. The van der Waals surface area contributed by atoms with Crippen LogP contribution in [0.25, 0.3) is 0 Å². The summed E-state index contributed by atoms with van der Waals surface area (Å²) in [5.74, 6) is -0.892. The summed E-state index contributed by atoms with van der Waals surface area (Å²) < 4.78 is 5.03. The van der Waals surface area contributed by atoms with Crippen molar-refractivity contribution in [2.24, 2.45) is 0 Å². The highest BCUT2D eigenvalue weighted by Crippen LogP contribution is 2.20. The van der Waals surface area contributed by atoms with E-state index in [0.29, 0.717) is 22.0 Å². The molecule has 7 nitrogen and oxygen atoms in total. The average molecular weight is 412 g/mol. The van der Waals surface area contributed by atoms with Crippen molar-refractivity contribution in [3.05, 3.63) is 83.3 Å². The smallest absolute Gasteiger partial charge is 0.291 e. The van der Waals surface area contributed by atoms with Crippen LogP contribution in [0.2, 0.25) is 5.02 Å². The lowest BCUT2D eigenvalue weighted by molar-refractivity contribution is -0.116. The van der Waals surface area contributed by atoms with Gasteiger partial charge in [0, 0.05) is 18.3 Å². The van der Waals surface area contributed by atoms with Gasteiger partial charge in [0.05, 0.1) is 23.5 Å². The number of nitrogens with zero attached hydrogens (tertiary/aromatic N) is 1. The molecule has 3 rings (SSSR count). The van der Waals surface area contributed by atoms with E-state index >= 15 is 0 Å². The molecule has 1 heterocycles. The lowest BCUT2D eigenvalue weighted by atomic mass is 10.2. The number of likely N-dealkylation sites (N-methyl/N-ethyl adjacent to an activating group) is 1. The van der Waals surface area contributed by atoms with Crippen LogP contribution in [-0.2, 0) is 4.79 Å². The van der Waals surface area contributed by atoms with E-state index in [4.69, 9.17) is 16.0 Å². The second-order valence-corrected chi connectivity index (χ2v) is 6.61. The third kappa shape index (κ3) is 5.24. The summed E-state index contributed by atoms with van der Waals surface area (Å²) in [6.07, 6.45) is 1.41. The molecule has 0 spiro atoms. The molecule has 0 aliphatic carbocycles. The number of halogens is 1. The molecule has 0 atom stereocenters. The van der Waals surface area contributed by atoms with Gasteiger partial charge in [-0.3, -0.25) is 14.4 Å². The minimum Gasteiger partial charge on any atom is -0.459 e. The molecule has 148 valence electrons. The minimum absolute atomic E-state index is 0.138. The van der Waals surface area contributed by atoms with Crippen LogP contribution in [0.5, 0.6) is 0 Å². The predicted molar refractivity (Wildman–Crippen MR) is 110 cm³/mol. The molecule has 0 saturated carbocycles. The van der Waals surface area contributed by atoms with Crippen molar-refractivity contribution in [1.29, 1.82) is 0 Å². The summed E-state index contributed by atoms with van der Waals surface area (Å²) in [5, 5.41) is 5.76. The number of hydrogen-bond donors (Lipinski definition) is 2. The fraction of sp³-hybridized carbons (Fsp3) is 0.0952. The number of rotatable bonds is 6. The zero-order chi connectivity index (χ0) is 20.8. The monoisotopic (exact) mass is 411 g/mol. The third-order valence-electron chi connectivity index (χ3n) is 4.01. The zero-order valence-corrected chi connectivity index (χ0v) is 16.3. The topological polar surface area (TPSA) is 91.7 Å². The zero-order valence-electron chi connectivity index (χ0n) is 15.5. The van der Waals surface area contributed by atoms with Crippen LogP contribution in [0.15, 0.2) is 71.3 Å². The summed E-state index contributed by atoms with van der Waals surface area (Å²) in [7, 11) is 1.53. The van der Waals surface area contributed by atoms with Gasteiger partial charge in [-0.05, 0) is 48.5 Å². The molecule has 3 amide bonds. The Morgan fingerprint density at radius 2 is 1.69 bits per heavy atom.